The molecule has 0 aliphatic heterocycles. The minimum absolute atomic E-state index is 0.314. The zero-order valence-corrected chi connectivity index (χ0v) is 13.4. The summed E-state index contributed by atoms with van der Waals surface area (Å²) in [5, 5.41) is 7.57. The lowest BCUT2D eigenvalue weighted by molar-refractivity contribution is 0.102. The Hall–Kier alpha value is -3.32. The summed E-state index contributed by atoms with van der Waals surface area (Å²) in [5.74, 6) is -0.854. The fraction of sp³-hybridized carbons (Fsp3) is 0. The number of carbonyl (C=O) groups is 1. The Morgan fingerprint density at radius 3 is 2.80 bits per heavy atom. The van der Waals surface area contributed by atoms with Crippen LogP contribution in [0, 0.1) is 0 Å². The number of oxazole rings is 1. The van der Waals surface area contributed by atoms with Crippen LogP contribution in [-0.2, 0) is 0 Å². The van der Waals surface area contributed by atoms with E-state index in [1.54, 1.807) is 53.3 Å². The van der Waals surface area contributed by atoms with Crippen molar-refractivity contribution in [2.75, 3.05) is 5.32 Å². The van der Waals surface area contributed by atoms with Crippen molar-refractivity contribution in [2.45, 2.75) is 0 Å². The summed E-state index contributed by atoms with van der Waals surface area (Å²) in [4.78, 5) is 26.1. The molecule has 25 heavy (non-hydrogen) atoms. The van der Waals surface area contributed by atoms with E-state index in [4.69, 9.17) is 16.0 Å². The number of nitrogens with one attached hydrogen (secondary N) is 2. The molecule has 0 atom stereocenters. The Kier molecular flexibility index (Phi) is 3.62. The molecule has 0 fully saturated rings. The second-order valence-electron chi connectivity index (χ2n) is 5.33. The molecule has 1 amide bonds. The number of carbonyl (C=O) groups excluding carboxylic acids is 1. The van der Waals surface area contributed by atoms with Crippen molar-refractivity contribution in [3.63, 3.8) is 0 Å². The molecule has 0 bridgehead atoms. The number of H-pyrrole nitrogens is 1. The summed E-state index contributed by atoms with van der Waals surface area (Å²) >= 11 is 5.87. The summed E-state index contributed by atoms with van der Waals surface area (Å²) in [6.07, 6.45) is 3.10. The molecule has 0 radical (unpaired) electrons. The van der Waals surface area contributed by atoms with Crippen molar-refractivity contribution in [2.24, 2.45) is 0 Å². The van der Waals surface area contributed by atoms with Crippen molar-refractivity contribution in [3.05, 3.63) is 76.0 Å². The third-order valence-corrected chi connectivity index (χ3v) is 3.86. The van der Waals surface area contributed by atoms with Gasteiger partial charge in [-0.25, -0.2) is 9.48 Å². The van der Waals surface area contributed by atoms with Gasteiger partial charge in [-0.1, -0.05) is 11.6 Å². The van der Waals surface area contributed by atoms with Crippen LogP contribution in [0.5, 0.6) is 0 Å². The zero-order valence-electron chi connectivity index (χ0n) is 12.7. The number of rotatable bonds is 3. The largest absolute Gasteiger partial charge is 0.417 e. The fourth-order valence-corrected chi connectivity index (χ4v) is 2.53. The highest BCUT2D eigenvalue weighted by molar-refractivity contribution is 6.30. The van der Waals surface area contributed by atoms with Gasteiger partial charge in [-0.15, -0.1) is 0 Å². The SMILES string of the molecule is O=C(Nc1ccc2oc(=O)[nH]c2c1)c1cnn(-c2ccc(Cl)cc2)c1. The number of anilines is 1. The molecular formula is C17H11ClN4O3. The molecule has 0 saturated heterocycles. The number of hydrogen-bond acceptors (Lipinski definition) is 4. The van der Waals surface area contributed by atoms with E-state index < -0.39 is 5.76 Å². The van der Waals surface area contributed by atoms with E-state index in [-0.39, 0.29) is 5.91 Å². The number of aromatic amines is 1. The molecule has 2 N–H and O–H groups in total. The van der Waals surface area contributed by atoms with E-state index >= 15 is 0 Å². The van der Waals surface area contributed by atoms with Gasteiger partial charge in [0.05, 0.1) is 23.0 Å². The number of aromatic nitrogens is 3. The van der Waals surface area contributed by atoms with Crippen LogP contribution in [0.15, 0.2) is 64.1 Å². The van der Waals surface area contributed by atoms with E-state index in [9.17, 15) is 9.59 Å². The third-order valence-electron chi connectivity index (χ3n) is 3.61. The van der Waals surface area contributed by atoms with Crippen molar-refractivity contribution < 1.29 is 9.21 Å². The first-order chi connectivity index (χ1) is 12.1. The van der Waals surface area contributed by atoms with Crippen LogP contribution in [0.4, 0.5) is 5.69 Å². The maximum absolute atomic E-state index is 12.4. The lowest BCUT2D eigenvalue weighted by Gasteiger charge is -2.03. The van der Waals surface area contributed by atoms with Crippen LogP contribution in [0.1, 0.15) is 10.4 Å². The normalized spacial score (nSPS) is 10.9. The van der Waals surface area contributed by atoms with Crippen LogP contribution in [0.2, 0.25) is 5.02 Å². The van der Waals surface area contributed by atoms with Gasteiger partial charge >= 0.3 is 5.76 Å². The molecule has 0 saturated carbocycles. The van der Waals surface area contributed by atoms with Crippen LogP contribution in [0.25, 0.3) is 16.8 Å². The quantitative estimate of drug-likeness (QED) is 0.590. The van der Waals surface area contributed by atoms with Gasteiger partial charge in [-0.05, 0) is 42.5 Å². The van der Waals surface area contributed by atoms with Gasteiger partial charge in [0, 0.05) is 16.9 Å². The molecular weight excluding hydrogens is 344 g/mol. The van der Waals surface area contributed by atoms with Gasteiger partial charge in [-0.3, -0.25) is 9.78 Å². The highest BCUT2D eigenvalue weighted by atomic mass is 35.5. The summed E-state index contributed by atoms with van der Waals surface area (Å²) in [5.41, 5.74) is 2.67. The van der Waals surface area contributed by atoms with Gasteiger partial charge in [-0.2, -0.15) is 5.10 Å². The summed E-state index contributed by atoms with van der Waals surface area (Å²) in [7, 11) is 0. The Bertz CT molecular complexity index is 1120. The Morgan fingerprint density at radius 2 is 2.00 bits per heavy atom. The van der Waals surface area contributed by atoms with Gasteiger partial charge in [0.25, 0.3) is 5.91 Å². The molecule has 2 heterocycles. The standard InChI is InChI=1S/C17H11ClN4O3/c18-11-1-4-13(5-2-11)22-9-10(8-19-22)16(23)20-12-3-6-15-14(7-12)21-17(24)25-15/h1-9H,(H,20,23)(H,21,24). The van der Waals surface area contributed by atoms with Crippen LogP contribution in [-0.4, -0.2) is 20.7 Å². The van der Waals surface area contributed by atoms with Gasteiger partial charge < -0.3 is 9.73 Å². The Morgan fingerprint density at radius 1 is 1.20 bits per heavy atom. The van der Waals surface area contributed by atoms with E-state index in [0.717, 1.165) is 5.69 Å². The van der Waals surface area contributed by atoms with Gasteiger partial charge in [0.1, 0.15) is 0 Å². The van der Waals surface area contributed by atoms with E-state index in [2.05, 4.69) is 15.4 Å². The number of benzene rings is 2. The number of halogens is 1. The van der Waals surface area contributed by atoms with Gasteiger partial charge in [0.2, 0.25) is 0 Å². The summed E-state index contributed by atoms with van der Waals surface area (Å²) in [6.45, 7) is 0. The van der Waals surface area contributed by atoms with Crippen molar-refractivity contribution in [1.82, 2.24) is 14.8 Å². The maximum Gasteiger partial charge on any atom is 0.417 e. The van der Waals surface area contributed by atoms with E-state index in [1.165, 1.54) is 6.20 Å². The minimum atomic E-state index is -0.539. The van der Waals surface area contributed by atoms with Crippen LogP contribution < -0.4 is 11.1 Å². The number of fused-ring (bicyclic) bond motifs is 1. The van der Waals surface area contributed by atoms with E-state index in [1.807, 2.05) is 0 Å². The van der Waals surface area contributed by atoms with Crippen molar-refractivity contribution >= 4 is 34.3 Å². The van der Waals surface area contributed by atoms with Crippen LogP contribution >= 0.6 is 11.6 Å². The van der Waals surface area contributed by atoms with E-state index in [0.29, 0.717) is 27.4 Å². The highest BCUT2D eigenvalue weighted by Gasteiger charge is 2.11. The second kappa shape index (κ2) is 5.95. The number of hydrogen-bond donors (Lipinski definition) is 2. The first-order valence-corrected chi connectivity index (χ1v) is 7.71. The molecule has 0 spiro atoms. The smallest absolute Gasteiger partial charge is 0.408 e. The molecule has 4 rings (SSSR count). The highest BCUT2D eigenvalue weighted by Crippen LogP contribution is 2.18. The van der Waals surface area contributed by atoms with Crippen molar-refractivity contribution in [1.29, 1.82) is 0 Å². The van der Waals surface area contributed by atoms with Gasteiger partial charge in [0.15, 0.2) is 5.58 Å². The summed E-state index contributed by atoms with van der Waals surface area (Å²) < 4.78 is 6.51. The molecule has 2 aromatic carbocycles. The minimum Gasteiger partial charge on any atom is -0.408 e. The average Bonchev–Trinajstić information content (AvgIpc) is 3.21. The number of nitrogens with zero attached hydrogens (tertiary/aromatic N) is 2. The number of amides is 1. The van der Waals surface area contributed by atoms with Crippen molar-refractivity contribution in [3.8, 4) is 5.69 Å². The average molecular weight is 355 g/mol. The lowest BCUT2D eigenvalue weighted by atomic mass is 10.2. The first-order valence-electron chi connectivity index (χ1n) is 7.33. The zero-order chi connectivity index (χ0) is 17.4. The molecule has 8 heteroatoms. The predicted octanol–water partition coefficient (Wildman–Crippen LogP) is 3.21. The molecule has 0 unspecified atom stereocenters. The Balaban J connectivity index is 1.56. The van der Waals surface area contributed by atoms with Crippen LogP contribution in [0.3, 0.4) is 0 Å². The Labute approximate surface area is 145 Å². The summed E-state index contributed by atoms with van der Waals surface area (Å²) in [6, 6.07) is 12.0. The molecule has 4 aromatic rings. The second-order valence-corrected chi connectivity index (χ2v) is 5.77. The molecule has 0 aliphatic rings. The third kappa shape index (κ3) is 3.05. The molecule has 7 nitrogen and oxygen atoms in total. The lowest BCUT2D eigenvalue weighted by Crippen LogP contribution is -2.11. The monoisotopic (exact) mass is 354 g/mol. The predicted molar refractivity (Wildman–Crippen MR) is 93.4 cm³/mol. The fourth-order valence-electron chi connectivity index (χ4n) is 2.41. The first kappa shape index (κ1) is 15.2. The molecule has 124 valence electrons. The molecule has 2 aromatic heterocycles. The topological polar surface area (TPSA) is 92.9 Å². The maximum atomic E-state index is 12.4. The molecule has 0 aliphatic carbocycles.